The van der Waals surface area contributed by atoms with Crippen molar-refractivity contribution >= 4 is 44.7 Å². The molecule has 0 N–H and O–H groups in total. The minimum atomic E-state index is -0.582. The van der Waals surface area contributed by atoms with Crippen LogP contribution >= 0.6 is 15.9 Å². The Morgan fingerprint density at radius 3 is 2.49 bits per heavy atom. The van der Waals surface area contributed by atoms with Crippen LogP contribution < -0.4 is 14.2 Å². The number of allylic oxidation sites excluding steroid dienone is 1. The second-order valence-corrected chi connectivity index (χ2v) is 9.92. The average Bonchev–Trinajstić information content (AvgIpc) is 3.43. The fourth-order valence-electron chi connectivity index (χ4n) is 4.38. The first kappa shape index (κ1) is 24.7. The number of carbonyl (C=O) groups is 2. The highest BCUT2D eigenvalue weighted by Crippen LogP contribution is 2.36. The third-order valence-corrected chi connectivity index (χ3v) is 6.84. The van der Waals surface area contributed by atoms with Gasteiger partial charge in [-0.2, -0.15) is 0 Å². The molecule has 7 heteroatoms. The molecule has 2 heterocycles. The molecular weight excluding hydrogens is 560 g/mol. The number of rotatable bonds is 6. The summed E-state index contributed by atoms with van der Waals surface area (Å²) in [5.41, 5.74) is 3.13. The van der Waals surface area contributed by atoms with Crippen molar-refractivity contribution in [3.63, 3.8) is 0 Å². The van der Waals surface area contributed by atoms with Crippen LogP contribution in [0.1, 0.15) is 37.6 Å². The van der Waals surface area contributed by atoms with Crippen LogP contribution in [0, 0.1) is 6.92 Å². The zero-order valence-electron chi connectivity index (χ0n) is 20.8. The summed E-state index contributed by atoms with van der Waals surface area (Å²) in [6.45, 7) is 2.11. The van der Waals surface area contributed by atoms with Gasteiger partial charge in [0.15, 0.2) is 5.76 Å². The SMILES string of the molecule is Cc1oc2ccc(OCc3ccccc3)cc2c1C(=O)Oc1ccc2c(c1)O/C(=C\c1ccc(Br)cc1)C2=O. The molecule has 1 aliphatic rings. The van der Waals surface area contributed by atoms with Gasteiger partial charge in [-0.05, 0) is 66.6 Å². The number of hydrogen-bond donors (Lipinski definition) is 0. The molecule has 0 aliphatic carbocycles. The van der Waals surface area contributed by atoms with Gasteiger partial charge in [-0.1, -0.05) is 58.4 Å². The Morgan fingerprint density at radius 2 is 1.69 bits per heavy atom. The molecule has 6 nitrogen and oxygen atoms in total. The highest BCUT2D eigenvalue weighted by Gasteiger charge is 2.28. The highest BCUT2D eigenvalue weighted by atomic mass is 79.9. The number of esters is 1. The van der Waals surface area contributed by atoms with E-state index in [2.05, 4.69) is 15.9 Å². The summed E-state index contributed by atoms with van der Waals surface area (Å²) in [7, 11) is 0. The van der Waals surface area contributed by atoms with E-state index in [1.54, 1.807) is 49.4 Å². The van der Waals surface area contributed by atoms with Crippen molar-refractivity contribution in [2.75, 3.05) is 0 Å². The number of benzene rings is 4. The number of aryl methyl sites for hydroxylation is 1. The van der Waals surface area contributed by atoms with Crippen LogP contribution in [-0.4, -0.2) is 11.8 Å². The van der Waals surface area contributed by atoms with Crippen LogP contribution in [0.5, 0.6) is 17.2 Å². The van der Waals surface area contributed by atoms with Gasteiger partial charge in [-0.3, -0.25) is 4.79 Å². The van der Waals surface area contributed by atoms with E-state index in [-0.39, 0.29) is 17.3 Å². The molecule has 192 valence electrons. The van der Waals surface area contributed by atoms with Crippen LogP contribution in [0.3, 0.4) is 0 Å². The molecule has 1 aliphatic heterocycles. The molecule has 39 heavy (non-hydrogen) atoms. The van der Waals surface area contributed by atoms with Gasteiger partial charge in [0.25, 0.3) is 0 Å². The Balaban J connectivity index is 1.21. The Kier molecular flexibility index (Phi) is 6.50. The van der Waals surface area contributed by atoms with E-state index in [0.717, 1.165) is 15.6 Å². The van der Waals surface area contributed by atoms with E-state index in [9.17, 15) is 9.59 Å². The van der Waals surface area contributed by atoms with Crippen LogP contribution in [0.25, 0.3) is 17.0 Å². The topological polar surface area (TPSA) is 75.0 Å². The van der Waals surface area contributed by atoms with Crippen LogP contribution in [0.4, 0.5) is 0 Å². The maximum Gasteiger partial charge on any atom is 0.347 e. The zero-order valence-corrected chi connectivity index (χ0v) is 22.4. The highest BCUT2D eigenvalue weighted by molar-refractivity contribution is 9.10. The van der Waals surface area contributed by atoms with Crippen molar-refractivity contribution in [1.29, 1.82) is 0 Å². The average molecular weight is 581 g/mol. The van der Waals surface area contributed by atoms with Gasteiger partial charge in [-0.15, -0.1) is 0 Å². The summed E-state index contributed by atoms with van der Waals surface area (Å²) in [5, 5.41) is 0.593. The molecule has 0 bridgehead atoms. The molecule has 0 atom stereocenters. The number of halogens is 1. The number of ketones is 1. The maximum atomic E-state index is 13.3. The summed E-state index contributed by atoms with van der Waals surface area (Å²) in [4.78, 5) is 26.1. The van der Waals surface area contributed by atoms with E-state index in [1.807, 2.05) is 54.6 Å². The van der Waals surface area contributed by atoms with Crippen molar-refractivity contribution in [2.24, 2.45) is 0 Å². The summed E-state index contributed by atoms with van der Waals surface area (Å²) < 4.78 is 24.2. The number of ether oxygens (including phenoxy) is 3. The third kappa shape index (κ3) is 5.09. The first-order valence-electron chi connectivity index (χ1n) is 12.2. The van der Waals surface area contributed by atoms with Crippen molar-refractivity contribution in [3.05, 3.63) is 129 Å². The van der Waals surface area contributed by atoms with E-state index in [0.29, 0.717) is 46.0 Å². The summed E-state index contributed by atoms with van der Waals surface area (Å²) >= 11 is 3.40. The second-order valence-electron chi connectivity index (χ2n) is 9.00. The number of hydrogen-bond acceptors (Lipinski definition) is 6. The van der Waals surface area contributed by atoms with Crippen molar-refractivity contribution in [2.45, 2.75) is 13.5 Å². The first-order chi connectivity index (χ1) is 18.9. The van der Waals surface area contributed by atoms with Crippen LogP contribution in [-0.2, 0) is 6.61 Å². The summed E-state index contributed by atoms with van der Waals surface area (Å²) in [6, 6.07) is 27.4. The molecule has 0 radical (unpaired) electrons. The summed E-state index contributed by atoms with van der Waals surface area (Å²) in [5.74, 6) is 1.02. The Hall–Kier alpha value is -4.62. The molecule has 0 amide bonds. The van der Waals surface area contributed by atoms with Gasteiger partial charge in [0.2, 0.25) is 5.78 Å². The predicted molar refractivity (Wildman–Crippen MR) is 150 cm³/mol. The minimum absolute atomic E-state index is 0.204. The fourth-order valence-corrected chi connectivity index (χ4v) is 4.65. The molecule has 4 aromatic carbocycles. The number of Topliss-reactive ketones (excluding diaryl/α,β-unsaturated/α-hetero) is 1. The number of carbonyl (C=O) groups excluding carboxylic acids is 2. The largest absolute Gasteiger partial charge is 0.489 e. The molecule has 0 saturated heterocycles. The normalized spacial score (nSPS) is 13.4. The maximum absolute atomic E-state index is 13.3. The van der Waals surface area contributed by atoms with E-state index < -0.39 is 5.97 Å². The third-order valence-electron chi connectivity index (χ3n) is 6.31. The second kappa shape index (κ2) is 10.3. The standard InChI is InChI=1S/C32H21BrO6/c1-19-30(26-16-23(12-14-27(26)37-19)36-18-21-5-3-2-4-6-21)32(35)38-24-11-13-25-28(17-24)39-29(31(25)34)15-20-7-9-22(33)10-8-20/h2-17H,18H2,1H3/b29-15-. The number of furan rings is 1. The molecule has 1 aromatic heterocycles. The lowest BCUT2D eigenvalue weighted by atomic mass is 10.1. The molecule has 0 saturated carbocycles. The van der Waals surface area contributed by atoms with Crippen LogP contribution in [0.15, 0.2) is 106 Å². The van der Waals surface area contributed by atoms with Gasteiger partial charge in [0.05, 0.1) is 5.56 Å². The van der Waals surface area contributed by atoms with E-state index >= 15 is 0 Å². The monoisotopic (exact) mass is 580 g/mol. The lowest BCUT2D eigenvalue weighted by Crippen LogP contribution is -2.09. The van der Waals surface area contributed by atoms with E-state index in [1.165, 1.54) is 0 Å². The molecular formula is C32H21BrO6. The smallest absolute Gasteiger partial charge is 0.347 e. The first-order valence-corrected chi connectivity index (χ1v) is 13.0. The zero-order chi connectivity index (χ0) is 26.9. The molecule has 0 spiro atoms. The lowest BCUT2D eigenvalue weighted by molar-refractivity contribution is 0.0734. The Labute approximate surface area is 232 Å². The van der Waals surface area contributed by atoms with Crippen LogP contribution in [0.2, 0.25) is 0 Å². The van der Waals surface area contributed by atoms with Gasteiger partial charge in [0, 0.05) is 15.9 Å². The molecule has 0 unspecified atom stereocenters. The van der Waals surface area contributed by atoms with Crippen molar-refractivity contribution in [1.82, 2.24) is 0 Å². The quantitative estimate of drug-likeness (QED) is 0.115. The Bertz CT molecular complexity index is 1750. The molecule has 5 aromatic rings. The minimum Gasteiger partial charge on any atom is -0.489 e. The van der Waals surface area contributed by atoms with E-state index in [4.69, 9.17) is 18.6 Å². The van der Waals surface area contributed by atoms with Gasteiger partial charge < -0.3 is 18.6 Å². The van der Waals surface area contributed by atoms with Gasteiger partial charge in [-0.25, -0.2) is 4.79 Å². The van der Waals surface area contributed by atoms with Crippen molar-refractivity contribution in [3.8, 4) is 17.2 Å². The Morgan fingerprint density at radius 1 is 0.923 bits per heavy atom. The van der Waals surface area contributed by atoms with Crippen molar-refractivity contribution < 1.29 is 28.2 Å². The lowest BCUT2D eigenvalue weighted by Gasteiger charge is -2.07. The molecule has 6 rings (SSSR count). The summed E-state index contributed by atoms with van der Waals surface area (Å²) in [6.07, 6.45) is 1.68. The van der Waals surface area contributed by atoms with Gasteiger partial charge >= 0.3 is 5.97 Å². The molecule has 0 fully saturated rings. The van der Waals surface area contributed by atoms with Gasteiger partial charge in [0.1, 0.15) is 40.8 Å². The fraction of sp³-hybridized carbons (Fsp3) is 0.0625. The predicted octanol–water partition coefficient (Wildman–Crippen LogP) is 7.92. The number of fused-ring (bicyclic) bond motifs is 2.